The Hall–Kier alpha value is -0.800. The zero-order chi connectivity index (χ0) is 10.1. The molecule has 2 nitrogen and oxygen atoms in total. The number of aliphatic hydroxyl groups is 1. The molecule has 1 atom stereocenters. The van der Waals surface area contributed by atoms with Gasteiger partial charge in [0.15, 0.2) is 0 Å². The first-order valence-corrected chi connectivity index (χ1v) is 5.39. The molecule has 0 saturated heterocycles. The van der Waals surface area contributed by atoms with Crippen molar-refractivity contribution in [2.45, 2.75) is 19.4 Å². The number of aliphatic hydroxyl groups excluding tert-OH is 1. The number of rotatable bonds is 2. The summed E-state index contributed by atoms with van der Waals surface area (Å²) in [6.07, 6.45) is 2.35. The molecule has 1 heterocycles. The maximum Gasteiger partial charge on any atom is 0.0553 e. The average molecular weight is 254 g/mol. The number of H-pyrrole nitrogens is 1. The van der Waals surface area contributed by atoms with E-state index in [0.717, 1.165) is 15.6 Å². The van der Waals surface area contributed by atoms with Crippen LogP contribution in [0.25, 0.3) is 10.9 Å². The van der Waals surface area contributed by atoms with Crippen LogP contribution in [0, 0.1) is 0 Å². The van der Waals surface area contributed by atoms with Gasteiger partial charge in [-0.3, -0.25) is 0 Å². The summed E-state index contributed by atoms with van der Waals surface area (Å²) in [4.78, 5) is 3.19. The number of nitrogens with one attached hydrogen (secondary N) is 1. The molecule has 0 bridgehead atoms. The lowest BCUT2D eigenvalue weighted by Crippen LogP contribution is -2.03. The predicted molar refractivity (Wildman–Crippen MR) is 61.4 cm³/mol. The summed E-state index contributed by atoms with van der Waals surface area (Å²) in [7, 11) is 0. The van der Waals surface area contributed by atoms with Gasteiger partial charge in [-0.05, 0) is 30.7 Å². The topological polar surface area (TPSA) is 36.0 Å². The first-order chi connectivity index (χ1) is 6.66. The van der Waals surface area contributed by atoms with Crippen LogP contribution in [0.4, 0.5) is 0 Å². The fourth-order valence-electron chi connectivity index (χ4n) is 1.64. The maximum absolute atomic E-state index is 9.33. The highest BCUT2D eigenvalue weighted by Gasteiger charge is 2.06. The van der Waals surface area contributed by atoms with Crippen LogP contribution >= 0.6 is 15.9 Å². The normalized spacial score (nSPS) is 13.4. The molecule has 0 fully saturated rings. The van der Waals surface area contributed by atoms with Gasteiger partial charge in [0.25, 0.3) is 0 Å². The lowest BCUT2D eigenvalue weighted by atomic mass is 10.1. The zero-order valence-electron chi connectivity index (χ0n) is 7.92. The average Bonchev–Trinajstić information content (AvgIpc) is 2.47. The van der Waals surface area contributed by atoms with Gasteiger partial charge in [0.2, 0.25) is 0 Å². The van der Waals surface area contributed by atoms with Gasteiger partial charge in [0.05, 0.1) is 6.10 Å². The lowest BCUT2D eigenvalue weighted by Gasteiger charge is -2.02. The van der Waals surface area contributed by atoms with Crippen molar-refractivity contribution in [1.82, 2.24) is 4.98 Å². The number of hydrogen-bond donors (Lipinski definition) is 2. The van der Waals surface area contributed by atoms with Crippen LogP contribution in [0.3, 0.4) is 0 Å². The van der Waals surface area contributed by atoms with Crippen LogP contribution in [-0.4, -0.2) is 16.2 Å². The van der Waals surface area contributed by atoms with Gasteiger partial charge in [0, 0.05) is 28.0 Å². The summed E-state index contributed by atoms with van der Waals surface area (Å²) in [6.45, 7) is 1.80. The molecular formula is C11H12BrNO. The molecule has 2 rings (SSSR count). The molecule has 1 aromatic heterocycles. The SMILES string of the molecule is C[C@H](O)Cc1c[nH]c2ccc(Br)cc12. The van der Waals surface area contributed by atoms with Gasteiger partial charge in [-0.25, -0.2) is 0 Å². The predicted octanol–water partition coefficient (Wildman–Crippen LogP) is 2.85. The number of hydrogen-bond acceptors (Lipinski definition) is 1. The second-order valence-corrected chi connectivity index (χ2v) is 4.47. The molecule has 2 aromatic rings. The first kappa shape index (κ1) is 9.74. The molecule has 0 aliphatic rings. The van der Waals surface area contributed by atoms with Gasteiger partial charge < -0.3 is 10.1 Å². The number of aromatic amines is 1. The smallest absolute Gasteiger partial charge is 0.0553 e. The van der Waals surface area contributed by atoms with Crippen molar-refractivity contribution in [2.75, 3.05) is 0 Å². The Bertz CT molecular complexity index is 447. The fraction of sp³-hybridized carbons (Fsp3) is 0.273. The molecule has 14 heavy (non-hydrogen) atoms. The Morgan fingerprint density at radius 1 is 1.50 bits per heavy atom. The summed E-state index contributed by atoms with van der Waals surface area (Å²) in [5.41, 5.74) is 2.28. The van der Waals surface area contributed by atoms with Crippen molar-refractivity contribution in [3.63, 3.8) is 0 Å². The number of fused-ring (bicyclic) bond motifs is 1. The van der Waals surface area contributed by atoms with Gasteiger partial charge in [-0.2, -0.15) is 0 Å². The third-order valence-electron chi connectivity index (χ3n) is 2.24. The van der Waals surface area contributed by atoms with Crippen molar-refractivity contribution < 1.29 is 5.11 Å². The summed E-state index contributed by atoms with van der Waals surface area (Å²) < 4.78 is 1.07. The van der Waals surface area contributed by atoms with Crippen molar-refractivity contribution in [2.24, 2.45) is 0 Å². The molecular weight excluding hydrogens is 242 g/mol. The molecule has 2 N–H and O–H groups in total. The van der Waals surface area contributed by atoms with Crippen molar-refractivity contribution in [3.05, 3.63) is 34.4 Å². The third kappa shape index (κ3) is 1.83. The number of halogens is 1. The van der Waals surface area contributed by atoms with Crippen molar-refractivity contribution in [1.29, 1.82) is 0 Å². The lowest BCUT2D eigenvalue weighted by molar-refractivity contribution is 0.196. The molecule has 3 heteroatoms. The van der Waals surface area contributed by atoms with E-state index in [1.165, 1.54) is 5.39 Å². The van der Waals surface area contributed by atoms with E-state index in [-0.39, 0.29) is 6.10 Å². The molecule has 0 saturated carbocycles. The fourth-order valence-corrected chi connectivity index (χ4v) is 2.00. The highest BCUT2D eigenvalue weighted by atomic mass is 79.9. The van der Waals surface area contributed by atoms with E-state index in [1.54, 1.807) is 6.92 Å². The van der Waals surface area contributed by atoms with E-state index in [2.05, 4.69) is 27.0 Å². The summed E-state index contributed by atoms with van der Waals surface area (Å²) in [5, 5.41) is 10.5. The summed E-state index contributed by atoms with van der Waals surface area (Å²) >= 11 is 3.44. The molecule has 0 amide bonds. The Kier molecular flexibility index (Phi) is 2.61. The van der Waals surface area contributed by atoms with E-state index < -0.39 is 0 Å². The second-order valence-electron chi connectivity index (χ2n) is 3.56. The minimum Gasteiger partial charge on any atom is -0.393 e. The molecule has 1 aromatic carbocycles. The Balaban J connectivity index is 2.50. The Labute approximate surface area is 91.1 Å². The van der Waals surface area contributed by atoms with E-state index in [1.807, 2.05) is 18.3 Å². The molecule has 0 spiro atoms. The minimum atomic E-state index is -0.298. The van der Waals surface area contributed by atoms with Crippen LogP contribution in [-0.2, 0) is 6.42 Å². The van der Waals surface area contributed by atoms with Gasteiger partial charge in [-0.1, -0.05) is 15.9 Å². The standard InChI is InChI=1S/C11H12BrNO/c1-7(14)4-8-6-13-11-3-2-9(12)5-10(8)11/h2-3,5-7,13-14H,4H2,1H3/t7-/m0/s1. The van der Waals surface area contributed by atoms with Gasteiger partial charge in [-0.15, -0.1) is 0 Å². The van der Waals surface area contributed by atoms with E-state index in [4.69, 9.17) is 0 Å². The highest BCUT2D eigenvalue weighted by Crippen LogP contribution is 2.23. The van der Waals surface area contributed by atoms with Gasteiger partial charge >= 0.3 is 0 Å². The van der Waals surface area contributed by atoms with Crippen molar-refractivity contribution >= 4 is 26.8 Å². The zero-order valence-corrected chi connectivity index (χ0v) is 9.51. The minimum absolute atomic E-state index is 0.298. The van der Waals surface area contributed by atoms with Crippen LogP contribution in [0.2, 0.25) is 0 Å². The molecule has 74 valence electrons. The third-order valence-corrected chi connectivity index (χ3v) is 2.74. The summed E-state index contributed by atoms with van der Waals surface area (Å²) in [6, 6.07) is 6.11. The Morgan fingerprint density at radius 2 is 2.29 bits per heavy atom. The van der Waals surface area contributed by atoms with E-state index in [9.17, 15) is 5.11 Å². The molecule has 0 aliphatic carbocycles. The van der Waals surface area contributed by atoms with E-state index in [0.29, 0.717) is 6.42 Å². The molecule has 0 radical (unpaired) electrons. The number of benzene rings is 1. The van der Waals surface area contributed by atoms with Crippen LogP contribution in [0.5, 0.6) is 0 Å². The molecule has 0 unspecified atom stereocenters. The number of aromatic nitrogens is 1. The van der Waals surface area contributed by atoms with Gasteiger partial charge in [0.1, 0.15) is 0 Å². The van der Waals surface area contributed by atoms with Crippen molar-refractivity contribution in [3.8, 4) is 0 Å². The summed E-state index contributed by atoms with van der Waals surface area (Å²) in [5.74, 6) is 0. The van der Waals surface area contributed by atoms with Crippen LogP contribution in [0.1, 0.15) is 12.5 Å². The van der Waals surface area contributed by atoms with Crippen LogP contribution in [0.15, 0.2) is 28.9 Å². The highest BCUT2D eigenvalue weighted by molar-refractivity contribution is 9.10. The Morgan fingerprint density at radius 3 is 3.00 bits per heavy atom. The first-order valence-electron chi connectivity index (χ1n) is 4.60. The quantitative estimate of drug-likeness (QED) is 0.849. The molecule has 0 aliphatic heterocycles. The second kappa shape index (κ2) is 3.75. The van der Waals surface area contributed by atoms with E-state index >= 15 is 0 Å². The largest absolute Gasteiger partial charge is 0.393 e. The monoisotopic (exact) mass is 253 g/mol. The van der Waals surface area contributed by atoms with Crippen LogP contribution < -0.4 is 0 Å². The maximum atomic E-state index is 9.33.